The molecule has 0 saturated carbocycles. The van der Waals surface area contributed by atoms with Crippen molar-refractivity contribution in [2.45, 2.75) is 22.1 Å². The second kappa shape index (κ2) is 9.53. The van der Waals surface area contributed by atoms with Gasteiger partial charge >= 0.3 is 228 Å². The topological polar surface area (TPSA) is 0 Å². The molecule has 0 aliphatic heterocycles. The fourth-order valence-electron chi connectivity index (χ4n) is 7.57. The summed E-state index contributed by atoms with van der Waals surface area (Å²) in [5, 5.41) is 11.1. The molecule has 0 fully saturated rings. The van der Waals surface area contributed by atoms with Crippen LogP contribution in [-0.2, 0) is 30.2 Å². The number of hydrogen-bond donors (Lipinski definition) is 0. The van der Waals surface area contributed by atoms with Crippen molar-refractivity contribution in [2.24, 2.45) is 0 Å². The van der Waals surface area contributed by atoms with Crippen LogP contribution < -0.4 is 0 Å². The Morgan fingerprint density at radius 2 is 0.875 bits per heavy atom. The van der Waals surface area contributed by atoms with Crippen molar-refractivity contribution in [3.63, 3.8) is 0 Å². The SMILES string of the molecule is Cl.Cl.[CH3][Zr]([CH3])(=[SiH2])([C]1=CCc2c1ccc1ccc3ccccc3c21)[C]1=CCc2c1ccc1ccc3ccccc3c21. The van der Waals surface area contributed by atoms with Crippen LogP contribution in [0, 0.1) is 0 Å². The molecular weight excluding hydrogens is 623 g/mol. The number of halogens is 2. The predicted octanol–water partition coefficient (Wildman–Crippen LogP) is 9.97. The summed E-state index contributed by atoms with van der Waals surface area (Å²) in [6, 6.07) is 36.5. The quantitative estimate of drug-likeness (QED) is 0.129. The fourth-order valence-corrected chi connectivity index (χ4v) is 21.4. The second-order valence-corrected chi connectivity index (χ2v) is 40.7. The van der Waals surface area contributed by atoms with Crippen LogP contribution in [0.25, 0.3) is 49.7 Å². The molecule has 0 saturated heterocycles. The summed E-state index contributed by atoms with van der Waals surface area (Å²) in [6.45, 7) is 2.37. The van der Waals surface area contributed by atoms with E-state index in [1.54, 1.807) is 6.56 Å². The van der Waals surface area contributed by atoms with Gasteiger partial charge in [-0.2, -0.15) is 0 Å². The van der Waals surface area contributed by atoms with Crippen LogP contribution in [0.5, 0.6) is 0 Å². The Morgan fingerprint density at radius 3 is 1.32 bits per heavy atom. The molecule has 2 aliphatic carbocycles. The zero-order valence-corrected chi connectivity index (χ0v) is 28.3. The number of rotatable bonds is 2. The first-order valence-corrected chi connectivity index (χ1v) is 27.0. The van der Waals surface area contributed by atoms with Crippen LogP contribution in [0.4, 0.5) is 0 Å². The van der Waals surface area contributed by atoms with E-state index in [1.165, 1.54) is 65.3 Å². The summed E-state index contributed by atoms with van der Waals surface area (Å²) in [4.78, 5) is 0. The Labute approximate surface area is 250 Å². The van der Waals surface area contributed by atoms with Crippen LogP contribution in [0.1, 0.15) is 22.3 Å². The van der Waals surface area contributed by atoms with E-state index < -0.39 is 17.4 Å². The van der Waals surface area contributed by atoms with Gasteiger partial charge in [-0.25, -0.2) is 0 Å². The molecule has 2 aliphatic rings. The normalized spacial score (nSPS) is 14.5. The molecule has 4 heteroatoms. The number of hydrogen-bond acceptors (Lipinski definition) is 0. The van der Waals surface area contributed by atoms with E-state index in [-0.39, 0.29) is 24.8 Å². The van der Waals surface area contributed by atoms with Crippen LogP contribution in [0.2, 0.25) is 9.26 Å². The molecule has 0 amide bonds. The van der Waals surface area contributed by atoms with Crippen LogP contribution in [0.3, 0.4) is 0 Å². The average molecular weight is 655 g/mol. The molecule has 0 aromatic heterocycles. The van der Waals surface area contributed by atoms with E-state index in [9.17, 15) is 0 Å². The van der Waals surface area contributed by atoms with Crippen LogP contribution >= 0.6 is 24.8 Å². The van der Waals surface area contributed by atoms with Gasteiger partial charge in [0.05, 0.1) is 0 Å². The van der Waals surface area contributed by atoms with Crippen molar-refractivity contribution in [3.8, 4) is 0 Å². The molecule has 6 aromatic rings. The Kier molecular flexibility index (Phi) is 6.60. The first-order chi connectivity index (χ1) is 18.4. The van der Waals surface area contributed by atoms with E-state index >= 15 is 0 Å². The monoisotopic (exact) mass is 652 g/mol. The van der Waals surface area contributed by atoms with Crippen molar-refractivity contribution >= 4 is 81.3 Å². The van der Waals surface area contributed by atoms with Crippen molar-refractivity contribution < 1.29 is 17.4 Å². The van der Waals surface area contributed by atoms with E-state index in [0.29, 0.717) is 0 Å². The molecule has 198 valence electrons. The number of allylic oxidation sites excluding steroid dienone is 2. The van der Waals surface area contributed by atoms with Gasteiger partial charge in [-0.05, 0) is 0 Å². The molecule has 8 rings (SSSR count). The molecular formula is C36H32Cl2SiZr. The van der Waals surface area contributed by atoms with Gasteiger partial charge < -0.3 is 0 Å². The minimum atomic E-state index is -3.54. The molecule has 0 N–H and O–H groups in total. The van der Waals surface area contributed by atoms with Crippen molar-refractivity contribution in [2.75, 3.05) is 0 Å². The predicted molar refractivity (Wildman–Crippen MR) is 181 cm³/mol. The van der Waals surface area contributed by atoms with Gasteiger partial charge in [-0.1, -0.05) is 0 Å². The Morgan fingerprint density at radius 1 is 0.500 bits per heavy atom. The van der Waals surface area contributed by atoms with Crippen LogP contribution in [0.15, 0.2) is 109 Å². The molecule has 0 nitrogen and oxygen atoms in total. The molecule has 0 heterocycles. The number of fused-ring (bicyclic) bond motifs is 10. The van der Waals surface area contributed by atoms with Crippen molar-refractivity contribution in [1.82, 2.24) is 0 Å². The van der Waals surface area contributed by atoms with Crippen LogP contribution in [-0.4, -0.2) is 6.88 Å². The van der Waals surface area contributed by atoms with E-state index in [4.69, 9.17) is 0 Å². The van der Waals surface area contributed by atoms with Gasteiger partial charge in [-0.15, -0.1) is 24.8 Å². The second-order valence-electron chi connectivity index (χ2n) is 12.3. The first-order valence-electron chi connectivity index (χ1n) is 13.8. The van der Waals surface area contributed by atoms with Gasteiger partial charge in [0.2, 0.25) is 0 Å². The number of benzene rings is 6. The van der Waals surface area contributed by atoms with Crippen molar-refractivity contribution in [1.29, 1.82) is 0 Å². The molecule has 6 aromatic carbocycles. The maximum atomic E-state index is 2.67. The van der Waals surface area contributed by atoms with Gasteiger partial charge in [-0.3, -0.25) is 0 Å². The third kappa shape index (κ3) is 3.80. The summed E-state index contributed by atoms with van der Waals surface area (Å²) in [5.74, 6) is 0. The standard InChI is InChI=1S/2C17H11.2CH3.2ClH.H2Si.Zr/c2*1-2-6-15-12(4-1)8-10-14-11-9-13-5-3-7-16(13)17(14)15;;;;;;/h2*1-4,6,8-11H,7H2;2*1H3;2*1H;1H2;. The third-order valence-corrected chi connectivity index (χ3v) is 24.7. The summed E-state index contributed by atoms with van der Waals surface area (Å²) in [7, 11) is 0. The summed E-state index contributed by atoms with van der Waals surface area (Å²) < 4.78 is 8.68. The van der Waals surface area contributed by atoms with E-state index in [1.807, 2.05) is 0 Å². The fraction of sp³-hybridized carbons (Fsp3) is 0.111. The van der Waals surface area contributed by atoms with Gasteiger partial charge in [0, 0.05) is 0 Å². The van der Waals surface area contributed by atoms with Gasteiger partial charge in [0.25, 0.3) is 0 Å². The molecule has 40 heavy (non-hydrogen) atoms. The molecule has 0 atom stereocenters. The van der Waals surface area contributed by atoms with E-state index in [0.717, 1.165) is 12.8 Å². The Bertz CT molecular complexity index is 2010. The van der Waals surface area contributed by atoms with Crippen molar-refractivity contribution in [3.05, 3.63) is 131 Å². The molecule has 0 spiro atoms. The Balaban J connectivity index is 0.00000145. The summed E-state index contributed by atoms with van der Waals surface area (Å²) >= 11 is -3.54. The van der Waals surface area contributed by atoms with Gasteiger partial charge in [0.1, 0.15) is 0 Å². The van der Waals surface area contributed by atoms with E-state index in [2.05, 4.69) is 125 Å². The zero-order valence-electron chi connectivity index (χ0n) is 22.8. The maximum absolute atomic E-state index is 3.54. The molecule has 0 radical (unpaired) electrons. The molecule has 0 unspecified atom stereocenters. The first kappa shape index (κ1) is 27.7. The summed E-state index contributed by atoms with van der Waals surface area (Å²) in [6.07, 6.45) is 7.31. The third-order valence-electron chi connectivity index (χ3n) is 9.36. The minimum absolute atomic E-state index is 0. The summed E-state index contributed by atoms with van der Waals surface area (Å²) in [5.41, 5.74) is 6.10. The average Bonchev–Trinajstić information content (AvgIpc) is 3.58. The Hall–Kier alpha value is -2.48. The zero-order chi connectivity index (χ0) is 25.7. The van der Waals surface area contributed by atoms with Gasteiger partial charge in [0.15, 0.2) is 0 Å². The molecule has 0 bridgehead atoms.